The lowest BCUT2D eigenvalue weighted by atomic mass is 10.0. The van der Waals surface area contributed by atoms with E-state index < -0.39 is 0 Å². The molecule has 1 fully saturated rings. The number of hydrogen-bond donors (Lipinski definition) is 1. The predicted molar refractivity (Wildman–Crippen MR) is 93.2 cm³/mol. The number of carbonyl (C=O) groups is 1. The van der Waals surface area contributed by atoms with Gasteiger partial charge in [0.2, 0.25) is 5.91 Å². The average molecular weight is 302 g/mol. The molecule has 3 nitrogen and oxygen atoms in total. The second kappa shape index (κ2) is 9.50. The van der Waals surface area contributed by atoms with Crippen LogP contribution in [0, 0.1) is 0 Å². The molecule has 0 bridgehead atoms. The highest BCUT2D eigenvalue weighted by Crippen LogP contribution is 2.19. The Morgan fingerprint density at radius 1 is 1.09 bits per heavy atom. The van der Waals surface area contributed by atoms with Crippen molar-refractivity contribution in [3.05, 3.63) is 30.3 Å². The van der Waals surface area contributed by atoms with Crippen molar-refractivity contribution in [2.75, 3.05) is 18.0 Å². The maximum absolute atomic E-state index is 12.0. The van der Waals surface area contributed by atoms with Crippen LogP contribution in [-0.2, 0) is 4.79 Å². The fraction of sp³-hybridized carbons (Fsp3) is 0.632. The van der Waals surface area contributed by atoms with Gasteiger partial charge < -0.3 is 10.2 Å². The predicted octanol–water partition coefficient (Wildman–Crippen LogP) is 4.13. The number of para-hydroxylation sites is 1. The van der Waals surface area contributed by atoms with E-state index in [0.29, 0.717) is 12.5 Å². The second-order valence-corrected chi connectivity index (χ2v) is 6.33. The average Bonchev–Trinajstić information content (AvgIpc) is 2.56. The zero-order chi connectivity index (χ0) is 15.6. The number of unbranched alkanes of at least 4 members (excludes halogenated alkanes) is 4. The molecule has 1 N–H and O–H groups in total. The Morgan fingerprint density at radius 2 is 1.77 bits per heavy atom. The molecule has 0 unspecified atom stereocenters. The van der Waals surface area contributed by atoms with E-state index >= 15 is 0 Å². The SMILES string of the molecule is CCCCCCCC(=O)NC1CCN(c2ccccc2)CC1. The van der Waals surface area contributed by atoms with Gasteiger partial charge in [0, 0.05) is 31.2 Å². The van der Waals surface area contributed by atoms with Crippen LogP contribution in [0.1, 0.15) is 58.3 Å². The van der Waals surface area contributed by atoms with Gasteiger partial charge >= 0.3 is 0 Å². The van der Waals surface area contributed by atoms with Crippen LogP contribution in [0.2, 0.25) is 0 Å². The van der Waals surface area contributed by atoms with Gasteiger partial charge in [0.05, 0.1) is 0 Å². The van der Waals surface area contributed by atoms with Gasteiger partial charge in [-0.05, 0) is 31.4 Å². The van der Waals surface area contributed by atoms with Crippen LogP contribution in [-0.4, -0.2) is 25.0 Å². The summed E-state index contributed by atoms with van der Waals surface area (Å²) in [4.78, 5) is 14.4. The van der Waals surface area contributed by atoms with Crippen LogP contribution < -0.4 is 10.2 Å². The number of carbonyl (C=O) groups excluding carboxylic acids is 1. The van der Waals surface area contributed by atoms with E-state index in [1.54, 1.807) is 0 Å². The molecule has 1 saturated heterocycles. The van der Waals surface area contributed by atoms with Crippen LogP contribution in [0.5, 0.6) is 0 Å². The van der Waals surface area contributed by atoms with Crippen molar-refractivity contribution in [1.82, 2.24) is 5.32 Å². The zero-order valence-electron chi connectivity index (χ0n) is 13.9. The molecule has 1 aromatic rings. The van der Waals surface area contributed by atoms with Crippen LogP contribution in [0.15, 0.2) is 30.3 Å². The summed E-state index contributed by atoms with van der Waals surface area (Å²) in [5.74, 6) is 0.245. The van der Waals surface area contributed by atoms with Crippen LogP contribution in [0.4, 0.5) is 5.69 Å². The normalized spacial score (nSPS) is 15.8. The number of benzene rings is 1. The second-order valence-electron chi connectivity index (χ2n) is 6.33. The molecule has 0 saturated carbocycles. The molecule has 0 radical (unpaired) electrons. The molecule has 0 atom stereocenters. The first-order valence-corrected chi connectivity index (χ1v) is 8.89. The highest BCUT2D eigenvalue weighted by molar-refractivity contribution is 5.76. The Kier molecular flexibility index (Phi) is 7.27. The molecule has 1 heterocycles. The first kappa shape index (κ1) is 16.9. The van der Waals surface area contributed by atoms with Gasteiger partial charge in [-0.25, -0.2) is 0 Å². The quantitative estimate of drug-likeness (QED) is 0.732. The summed E-state index contributed by atoms with van der Waals surface area (Å²) in [6, 6.07) is 10.9. The van der Waals surface area contributed by atoms with E-state index in [2.05, 4.69) is 47.5 Å². The molecule has 0 spiro atoms. The minimum atomic E-state index is 0.245. The highest BCUT2D eigenvalue weighted by Gasteiger charge is 2.20. The lowest BCUT2D eigenvalue weighted by Gasteiger charge is -2.34. The van der Waals surface area contributed by atoms with Gasteiger partial charge in [0.25, 0.3) is 0 Å². The zero-order valence-corrected chi connectivity index (χ0v) is 13.9. The number of nitrogens with one attached hydrogen (secondary N) is 1. The Bertz CT molecular complexity index is 424. The Hall–Kier alpha value is -1.51. The lowest BCUT2D eigenvalue weighted by Crippen LogP contribution is -2.44. The monoisotopic (exact) mass is 302 g/mol. The number of anilines is 1. The van der Waals surface area contributed by atoms with Gasteiger partial charge in [-0.2, -0.15) is 0 Å². The summed E-state index contributed by atoms with van der Waals surface area (Å²) < 4.78 is 0. The Morgan fingerprint density at radius 3 is 2.45 bits per heavy atom. The van der Waals surface area contributed by atoms with Crippen LogP contribution in [0.25, 0.3) is 0 Å². The van der Waals surface area contributed by atoms with Crippen molar-refractivity contribution in [2.45, 2.75) is 64.3 Å². The van der Waals surface area contributed by atoms with Crippen molar-refractivity contribution in [3.63, 3.8) is 0 Å². The fourth-order valence-corrected chi connectivity index (χ4v) is 3.11. The molecule has 1 amide bonds. The van der Waals surface area contributed by atoms with Gasteiger partial charge in [-0.3, -0.25) is 4.79 Å². The van der Waals surface area contributed by atoms with Crippen molar-refractivity contribution in [1.29, 1.82) is 0 Å². The third kappa shape index (κ3) is 5.70. The lowest BCUT2D eigenvalue weighted by molar-refractivity contribution is -0.122. The van der Waals surface area contributed by atoms with E-state index in [1.807, 2.05) is 0 Å². The standard InChI is InChI=1S/C19H30N2O/c1-2-3-4-5-9-12-19(22)20-17-13-15-21(16-14-17)18-10-7-6-8-11-18/h6-8,10-11,17H,2-5,9,12-16H2,1H3,(H,20,22). The van der Waals surface area contributed by atoms with Crippen molar-refractivity contribution in [3.8, 4) is 0 Å². The van der Waals surface area contributed by atoms with Crippen molar-refractivity contribution in [2.24, 2.45) is 0 Å². The summed E-state index contributed by atoms with van der Waals surface area (Å²) in [6.07, 6.45) is 8.84. The summed E-state index contributed by atoms with van der Waals surface area (Å²) >= 11 is 0. The maximum Gasteiger partial charge on any atom is 0.220 e. The summed E-state index contributed by atoms with van der Waals surface area (Å²) in [7, 11) is 0. The van der Waals surface area contributed by atoms with Gasteiger partial charge in [-0.1, -0.05) is 50.8 Å². The minimum Gasteiger partial charge on any atom is -0.371 e. The molecule has 22 heavy (non-hydrogen) atoms. The van der Waals surface area contributed by atoms with Crippen LogP contribution in [0.3, 0.4) is 0 Å². The highest BCUT2D eigenvalue weighted by atomic mass is 16.1. The topological polar surface area (TPSA) is 32.3 Å². The van der Waals surface area contributed by atoms with Crippen molar-refractivity contribution < 1.29 is 4.79 Å². The minimum absolute atomic E-state index is 0.245. The molecule has 0 aliphatic carbocycles. The van der Waals surface area contributed by atoms with Crippen LogP contribution >= 0.6 is 0 Å². The first-order valence-electron chi connectivity index (χ1n) is 8.89. The van der Waals surface area contributed by atoms with E-state index in [-0.39, 0.29) is 5.91 Å². The number of amides is 1. The van der Waals surface area contributed by atoms with Gasteiger partial charge in [-0.15, -0.1) is 0 Å². The molecule has 1 aliphatic rings. The molecule has 1 aliphatic heterocycles. The number of nitrogens with zero attached hydrogens (tertiary/aromatic N) is 1. The van der Waals surface area contributed by atoms with Crippen molar-refractivity contribution >= 4 is 11.6 Å². The summed E-state index contributed by atoms with van der Waals surface area (Å²) in [5, 5.41) is 3.22. The van der Waals surface area contributed by atoms with Gasteiger partial charge in [0.1, 0.15) is 0 Å². The van der Waals surface area contributed by atoms with E-state index in [9.17, 15) is 4.79 Å². The fourth-order valence-electron chi connectivity index (χ4n) is 3.11. The molecule has 0 aromatic heterocycles. The molecular weight excluding hydrogens is 272 g/mol. The third-order valence-electron chi connectivity index (χ3n) is 4.49. The number of hydrogen-bond acceptors (Lipinski definition) is 2. The Balaban J connectivity index is 1.62. The van der Waals surface area contributed by atoms with Gasteiger partial charge in [0.15, 0.2) is 0 Å². The first-order chi connectivity index (χ1) is 10.8. The number of rotatable bonds is 8. The molecule has 1 aromatic carbocycles. The molecular formula is C19H30N2O. The maximum atomic E-state index is 12.0. The molecule has 3 heteroatoms. The smallest absolute Gasteiger partial charge is 0.220 e. The third-order valence-corrected chi connectivity index (χ3v) is 4.49. The summed E-state index contributed by atoms with van der Waals surface area (Å²) in [6.45, 7) is 4.28. The molecule has 2 rings (SSSR count). The van der Waals surface area contributed by atoms with E-state index in [4.69, 9.17) is 0 Å². The largest absolute Gasteiger partial charge is 0.371 e. The summed E-state index contributed by atoms with van der Waals surface area (Å²) in [5.41, 5.74) is 1.29. The Labute approximate surface area is 135 Å². The molecule has 122 valence electrons. The number of piperidine rings is 1. The van der Waals surface area contributed by atoms with E-state index in [1.165, 1.54) is 31.4 Å². The van der Waals surface area contributed by atoms with E-state index in [0.717, 1.165) is 32.4 Å².